The number of ether oxygens (including phenoxy) is 1. The molecule has 3 fully saturated rings. The number of phenolic OH excluding ortho intramolecular Hbond substituents is 1. The first-order valence-corrected chi connectivity index (χ1v) is 12.6. The van der Waals surface area contributed by atoms with Gasteiger partial charge >= 0.3 is 6.01 Å². The molecule has 6 nitrogen and oxygen atoms in total. The Morgan fingerprint density at radius 2 is 1.76 bits per heavy atom. The number of halogens is 3. The zero-order valence-electron chi connectivity index (χ0n) is 19.9. The molecular weight excluding hydrogens is 481 g/mol. The van der Waals surface area contributed by atoms with E-state index in [-0.39, 0.29) is 35.9 Å². The number of alkyl halides is 2. The lowest BCUT2D eigenvalue weighted by Gasteiger charge is -2.34. The number of rotatable bonds is 5. The minimum atomic E-state index is -2.73. The second-order valence-corrected chi connectivity index (χ2v) is 10.4. The SMILES string of the molecule is Oc1cc(-c2ccc3c(N4C[C@H]5CC[C@@H](C4)N5)nc(OCC4CC4(F)F)nc3c2F)c2ccccc2c1. The molecule has 3 aromatic carbocycles. The van der Waals surface area contributed by atoms with Gasteiger partial charge in [-0.25, -0.2) is 13.2 Å². The van der Waals surface area contributed by atoms with Crippen molar-refractivity contribution in [2.45, 2.75) is 37.3 Å². The number of nitrogens with one attached hydrogen (secondary N) is 1. The van der Waals surface area contributed by atoms with Crippen LogP contribution in [0.1, 0.15) is 19.3 Å². The van der Waals surface area contributed by atoms with Crippen LogP contribution in [-0.2, 0) is 0 Å². The van der Waals surface area contributed by atoms with Gasteiger partial charge in [-0.1, -0.05) is 30.3 Å². The molecule has 2 N–H and O–H groups in total. The number of piperazine rings is 1. The van der Waals surface area contributed by atoms with E-state index in [2.05, 4.69) is 20.2 Å². The minimum absolute atomic E-state index is 0.0299. The van der Waals surface area contributed by atoms with Gasteiger partial charge < -0.3 is 20.1 Å². The second kappa shape index (κ2) is 8.21. The Morgan fingerprint density at radius 1 is 1.00 bits per heavy atom. The van der Waals surface area contributed by atoms with Crippen LogP contribution in [0.3, 0.4) is 0 Å². The van der Waals surface area contributed by atoms with Gasteiger partial charge in [0.05, 0.1) is 5.92 Å². The van der Waals surface area contributed by atoms with Crippen molar-refractivity contribution >= 4 is 27.5 Å². The van der Waals surface area contributed by atoms with Crippen molar-refractivity contribution in [3.05, 3.63) is 54.3 Å². The lowest BCUT2D eigenvalue weighted by molar-refractivity contribution is 0.0843. The summed E-state index contributed by atoms with van der Waals surface area (Å²) in [5.74, 6) is -3.60. The molecule has 190 valence electrons. The van der Waals surface area contributed by atoms with Gasteiger partial charge in [0, 0.05) is 42.5 Å². The van der Waals surface area contributed by atoms with Crippen LogP contribution in [0, 0.1) is 11.7 Å². The van der Waals surface area contributed by atoms with Crippen molar-refractivity contribution in [1.82, 2.24) is 15.3 Å². The molecule has 4 aromatic rings. The maximum Gasteiger partial charge on any atom is 0.319 e. The van der Waals surface area contributed by atoms with Gasteiger partial charge in [0.25, 0.3) is 5.92 Å². The highest BCUT2D eigenvalue weighted by atomic mass is 19.3. The Bertz CT molecular complexity index is 1530. The Morgan fingerprint density at radius 3 is 2.51 bits per heavy atom. The molecule has 1 saturated carbocycles. The number of benzene rings is 3. The fourth-order valence-electron chi connectivity index (χ4n) is 5.75. The van der Waals surface area contributed by atoms with E-state index in [0.29, 0.717) is 41.9 Å². The number of phenols is 1. The highest BCUT2D eigenvalue weighted by Gasteiger charge is 2.57. The third-order valence-corrected chi connectivity index (χ3v) is 7.79. The Kier molecular flexibility index (Phi) is 5.01. The van der Waals surface area contributed by atoms with Gasteiger partial charge in [-0.3, -0.25) is 0 Å². The van der Waals surface area contributed by atoms with Gasteiger partial charge in [-0.2, -0.15) is 9.97 Å². The summed E-state index contributed by atoms with van der Waals surface area (Å²) in [7, 11) is 0. The first-order chi connectivity index (χ1) is 17.9. The molecule has 2 aliphatic heterocycles. The molecule has 0 amide bonds. The number of fused-ring (bicyclic) bond motifs is 4. The molecule has 1 unspecified atom stereocenters. The van der Waals surface area contributed by atoms with Crippen molar-refractivity contribution in [2.75, 3.05) is 24.6 Å². The van der Waals surface area contributed by atoms with E-state index in [9.17, 15) is 13.9 Å². The van der Waals surface area contributed by atoms with Crippen LogP contribution in [0.25, 0.3) is 32.8 Å². The van der Waals surface area contributed by atoms with Crippen LogP contribution in [0.15, 0.2) is 48.5 Å². The van der Waals surface area contributed by atoms with E-state index < -0.39 is 17.7 Å². The predicted octanol–water partition coefficient (Wildman–Crippen LogP) is 5.27. The van der Waals surface area contributed by atoms with E-state index in [0.717, 1.165) is 23.6 Å². The summed E-state index contributed by atoms with van der Waals surface area (Å²) in [4.78, 5) is 11.1. The van der Waals surface area contributed by atoms with Gasteiger partial charge in [0.1, 0.15) is 23.7 Å². The standard InChI is InChI=1S/C28H25F3N4O2/c29-24-21(23-10-19(36)9-15-3-1-2-4-20(15)23)7-8-22-25(24)33-27(37-14-16-11-28(16,30)31)34-26(22)35-12-17-5-6-18(13-35)32-17/h1-4,7-10,16-18,32,36H,5-6,11-14H2/t16?,17-,18+. The summed E-state index contributed by atoms with van der Waals surface area (Å²) in [5, 5.41) is 16.0. The first kappa shape index (κ1) is 22.6. The van der Waals surface area contributed by atoms with Crippen molar-refractivity contribution in [3.63, 3.8) is 0 Å². The summed E-state index contributed by atoms with van der Waals surface area (Å²) in [6, 6.07) is 14.6. The Balaban J connectivity index is 1.37. The molecule has 3 heterocycles. The topological polar surface area (TPSA) is 70.5 Å². The number of nitrogens with zero attached hydrogens (tertiary/aromatic N) is 3. The zero-order chi connectivity index (χ0) is 25.3. The maximum absolute atomic E-state index is 16.3. The fourth-order valence-corrected chi connectivity index (χ4v) is 5.75. The highest BCUT2D eigenvalue weighted by molar-refractivity contribution is 6.01. The molecular formula is C28H25F3N4O2. The summed E-state index contributed by atoms with van der Waals surface area (Å²) in [6.45, 7) is 1.20. The van der Waals surface area contributed by atoms with Crippen LogP contribution in [0.4, 0.5) is 19.0 Å². The van der Waals surface area contributed by atoms with Gasteiger partial charge in [0.2, 0.25) is 0 Å². The third-order valence-electron chi connectivity index (χ3n) is 7.79. The van der Waals surface area contributed by atoms with Crippen LogP contribution in [0.2, 0.25) is 0 Å². The average molecular weight is 507 g/mol. The molecule has 2 saturated heterocycles. The molecule has 0 radical (unpaired) electrons. The second-order valence-electron chi connectivity index (χ2n) is 10.4. The van der Waals surface area contributed by atoms with E-state index in [1.54, 1.807) is 18.2 Å². The number of aromatic hydroxyl groups is 1. The number of hydrogen-bond acceptors (Lipinski definition) is 6. The summed E-state index contributed by atoms with van der Waals surface area (Å²) < 4.78 is 48.8. The molecule has 9 heteroatoms. The molecule has 37 heavy (non-hydrogen) atoms. The predicted molar refractivity (Wildman–Crippen MR) is 135 cm³/mol. The van der Waals surface area contributed by atoms with E-state index >= 15 is 4.39 Å². The number of anilines is 1. The molecule has 1 aliphatic carbocycles. The van der Waals surface area contributed by atoms with Gasteiger partial charge in [0.15, 0.2) is 5.82 Å². The quantitative estimate of drug-likeness (QED) is 0.384. The largest absolute Gasteiger partial charge is 0.508 e. The van der Waals surface area contributed by atoms with E-state index in [4.69, 9.17) is 4.74 Å². The fraction of sp³-hybridized carbons (Fsp3) is 0.357. The van der Waals surface area contributed by atoms with Crippen molar-refractivity contribution in [2.24, 2.45) is 5.92 Å². The van der Waals surface area contributed by atoms with Crippen LogP contribution in [0.5, 0.6) is 11.8 Å². The third kappa shape index (κ3) is 3.92. The molecule has 2 bridgehead atoms. The summed E-state index contributed by atoms with van der Waals surface area (Å²) in [5.41, 5.74) is 0.887. The molecule has 1 aromatic heterocycles. The number of aromatic nitrogens is 2. The van der Waals surface area contributed by atoms with Gasteiger partial charge in [-0.05, 0) is 47.4 Å². The monoisotopic (exact) mass is 506 g/mol. The summed E-state index contributed by atoms with van der Waals surface area (Å²) in [6.07, 6.45) is 1.90. The van der Waals surface area contributed by atoms with Crippen molar-refractivity contribution < 1.29 is 23.0 Å². The molecule has 3 atom stereocenters. The molecule has 3 aliphatic rings. The van der Waals surface area contributed by atoms with E-state index in [1.807, 2.05) is 24.3 Å². The van der Waals surface area contributed by atoms with Crippen LogP contribution in [-0.4, -0.2) is 52.8 Å². The van der Waals surface area contributed by atoms with Crippen LogP contribution >= 0.6 is 0 Å². The Labute approximate surface area is 211 Å². The highest BCUT2D eigenvalue weighted by Crippen LogP contribution is 2.48. The maximum atomic E-state index is 16.3. The molecule has 7 rings (SSSR count). The molecule has 0 spiro atoms. The summed E-state index contributed by atoms with van der Waals surface area (Å²) >= 11 is 0. The zero-order valence-corrected chi connectivity index (χ0v) is 19.9. The smallest absolute Gasteiger partial charge is 0.319 e. The number of hydrogen-bond donors (Lipinski definition) is 2. The van der Waals surface area contributed by atoms with Gasteiger partial charge in [-0.15, -0.1) is 0 Å². The lowest BCUT2D eigenvalue weighted by atomic mass is 9.96. The minimum Gasteiger partial charge on any atom is -0.508 e. The lowest BCUT2D eigenvalue weighted by Crippen LogP contribution is -2.51. The van der Waals surface area contributed by atoms with Crippen LogP contribution < -0.4 is 15.0 Å². The van der Waals surface area contributed by atoms with Crippen molar-refractivity contribution in [3.8, 4) is 22.9 Å². The van der Waals surface area contributed by atoms with Crippen molar-refractivity contribution in [1.29, 1.82) is 0 Å². The average Bonchev–Trinajstić information content (AvgIpc) is 3.37. The normalized spacial score (nSPS) is 24.1. The van der Waals surface area contributed by atoms with E-state index in [1.165, 1.54) is 6.07 Å². The first-order valence-electron chi connectivity index (χ1n) is 12.6. The Hall–Kier alpha value is -3.59.